The smallest absolute Gasteiger partial charge is 0.340 e. The van der Waals surface area contributed by atoms with Crippen molar-refractivity contribution in [3.05, 3.63) is 59.5 Å². The largest absolute Gasteiger partial charge is 0.416 e. The summed E-state index contributed by atoms with van der Waals surface area (Å²) in [6.07, 6.45) is -2.40. The van der Waals surface area contributed by atoms with Crippen molar-refractivity contribution < 1.29 is 13.2 Å². The highest BCUT2D eigenvalue weighted by atomic mass is 19.4. The van der Waals surface area contributed by atoms with E-state index >= 15 is 0 Å². The average molecular weight is 277 g/mol. The predicted octanol–water partition coefficient (Wildman–Crippen LogP) is 3.57. The summed E-state index contributed by atoms with van der Waals surface area (Å²) in [7, 11) is 0. The number of H-pyrrole nitrogens is 1. The van der Waals surface area contributed by atoms with Crippen LogP contribution in [0.4, 0.5) is 13.2 Å². The van der Waals surface area contributed by atoms with Crippen LogP contribution in [0.15, 0.2) is 42.6 Å². The van der Waals surface area contributed by atoms with Crippen LogP contribution in [-0.2, 0) is 12.6 Å². The van der Waals surface area contributed by atoms with Crippen molar-refractivity contribution in [2.45, 2.75) is 12.6 Å². The fourth-order valence-corrected chi connectivity index (χ4v) is 2.03. The van der Waals surface area contributed by atoms with Gasteiger partial charge in [0.15, 0.2) is 5.65 Å². The van der Waals surface area contributed by atoms with Crippen molar-refractivity contribution in [1.82, 2.24) is 15.0 Å². The van der Waals surface area contributed by atoms with E-state index in [1.807, 2.05) is 6.07 Å². The minimum absolute atomic E-state index is 0.306. The molecular weight excluding hydrogens is 267 g/mol. The molecule has 6 heteroatoms. The molecule has 0 radical (unpaired) electrons. The SMILES string of the molecule is FC(F)(F)c1cccc(Cc2nc3ncccc3[nH]2)c1. The van der Waals surface area contributed by atoms with Crippen molar-refractivity contribution >= 4 is 11.2 Å². The summed E-state index contributed by atoms with van der Waals surface area (Å²) in [6.45, 7) is 0. The molecule has 1 N–H and O–H groups in total. The van der Waals surface area contributed by atoms with E-state index in [2.05, 4.69) is 15.0 Å². The van der Waals surface area contributed by atoms with Gasteiger partial charge >= 0.3 is 6.18 Å². The van der Waals surface area contributed by atoms with Crippen molar-refractivity contribution in [2.24, 2.45) is 0 Å². The Morgan fingerprint density at radius 1 is 1.10 bits per heavy atom. The average Bonchev–Trinajstić information content (AvgIpc) is 2.80. The zero-order valence-corrected chi connectivity index (χ0v) is 10.3. The van der Waals surface area contributed by atoms with Gasteiger partial charge in [-0.05, 0) is 23.8 Å². The number of hydrogen-bond acceptors (Lipinski definition) is 2. The lowest BCUT2D eigenvalue weighted by Crippen LogP contribution is -2.05. The summed E-state index contributed by atoms with van der Waals surface area (Å²) in [5, 5.41) is 0. The topological polar surface area (TPSA) is 41.6 Å². The number of aromatic nitrogens is 3. The molecule has 2 heterocycles. The number of rotatable bonds is 2. The predicted molar refractivity (Wildman–Crippen MR) is 68.1 cm³/mol. The summed E-state index contributed by atoms with van der Waals surface area (Å²) >= 11 is 0. The first-order chi connectivity index (χ1) is 9.52. The van der Waals surface area contributed by atoms with Gasteiger partial charge in [0.2, 0.25) is 0 Å². The molecule has 20 heavy (non-hydrogen) atoms. The van der Waals surface area contributed by atoms with E-state index in [0.29, 0.717) is 23.5 Å². The molecule has 0 aliphatic heterocycles. The third-order valence-electron chi connectivity index (χ3n) is 2.93. The summed E-state index contributed by atoms with van der Waals surface area (Å²) < 4.78 is 37.9. The first-order valence-corrected chi connectivity index (χ1v) is 5.98. The molecule has 3 nitrogen and oxygen atoms in total. The number of alkyl halides is 3. The highest BCUT2D eigenvalue weighted by molar-refractivity contribution is 5.69. The number of nitrogens with one attached hydrogen (secondary N) is 1. The Morgan fingerprint density at radius 3 is 2.70 bits per heavy atom. The Bertz CT molecular complexity index is 714. The Labute approximate surface area is 112 Å². The molecule has 0 fully saturated rings. The van der Waals surface area contributed by atoms with Crippen molar-refractivity contribution in [2.75, 3.05) is 0 Å². The number of fused-ring (bicyclic) bond motifs is 1. The Hall–Kier alpha value is -2.37. The van der Waals surface area contributed by atoms with Gasteiger partial charge < -0.3 is 4.98 Å². The third-order valence-corrected chi connectivity index (χ3v) is 2.93. The van der Waals surface area contributed by atoms with Gasteiger partial charge in [0.1, 0.15) is 5.82 Å². The molecule has 0 saturated heterocycles. The van der Waals surface area contributed by atoms with Crippen LogP contribution in [0.25, 0.3) is 11.2 Å². The Morgan fingerprint density at radius 2 is 1.95 bits per heavy atom. The van der Waals surface area contributed by atoms with Crippen molar-refractivity contribution in [3.63, 3.8) is 0 Å². The zero-order chi connectivity index (χ0) is 14.2. The van der Waals surface area contributed by atoms with Crippen LogP contribution >= 0.6 is 0 Å². The molecule has 1 aromatic carbocycles. The molecule has 0 unspecified atom stereocenters. The highest BCUT2D eigenvalue weighted by Gasteiger charge is 2.30. The van der Waals surface area contributed by atoms with Gasteiger partial charge in [-0.25, -0.2) is 9.97 Å². The van der Waals surface area contributed by atoms with Crippen LogP contribution in [-0.4, -0.2) is 15.0 Å². The van der Waals surface area contributed by atoms with Crippen LogP contribution < -0.4 is 0 Å². The van der Waals surface area contributed by atoms with Gasteiger partial charge in [-0.1, -0.05) is 18.2 Å². The molecule has 2 aromatic heterocycles. The number of hydrogen-bond donors (Lipinski definition) is 1. The van der Waals surface area contributed by atoms with E-state index < -0.39 is 11.7 Å². The maximum atomic E-state index is 12.6. The van der Waals surface area contributed by atoms with Gasteiger partial charge in [-0.2, -0.15) is 13.2 Å². The molecule has 3 rings (SSSR count). The minimum atomic E-state index is -4.33. The normalized spacial score (nSPS) is 11.9. The lowest BCUT2D eigenvalue weighted by Gasteiger charge is -2.07. The second kappa shape index (κ2) is 4.63. The molecule has 0 saturated carbocycles. The summed E-state index contributed by atoms with van der Waals surface area (Å²) in [4.78, 5) is 11.4. The molecule has 0 aliphatic carbocycles. The second-order valence-corrected chi connectivity index (χ2v) is 4.43. The molecule has 0 amide bonds. The number of aromatic amines is 1. The molecule has 0 aliphatic rings. The number of nitrogens with zero attached hydrogens (tertiary/aromatic N) is 2. The van der Waals surface area contributed by atoms with Crippen LogP contribution in [0.2, 0.25) is 0 Å². The van der Waals surface area contributed by atoms with E-state index in [0.717, 1.165) is 17.6 Å². The summed E-state index contributed by atoms with van der Waals surface area (Å²) in [5.41, 5.74) is 1.24. The third kappa shape index (κ3) is 2.49. The minimum Gasteiger partial charge on any atom is -0.340 e. The lowest BCUT2D eigenvalue weighted by atomic mass is 10.1. The maximum Gasteiger partial charge on any atom is 0.416 e. The van der Waals surface area contributed by atoms with Gasteiger partial charge in [0.05, 0.1) is 11.1 Å². The fraction of sp³-hybridized carbons (Fsp3) is 0.143. The standard InChI is InChI=1S/C14H10F3N3/c15-14(16,17)10-4-1-3-9(7-10)8-12-19-11-5-2-6-18-13(11)20-12/h1-7H,8H2,(H,18,19,20). The first-order valence-electron chi connectivity index (χ1n) is 5.98. The van der Waals surface area contributed by atoms with Crippen LogP contribution in [0.3, 0.4) is 0 Å². The van der Waals surface area contributed by atoms with Crippen LogP contribution in [0.5, 0.6) is 0 Å². The number of halogens is 3. The lowest BCUT2D eigenvalue weighted by molar-refractivity contribution is -0.137. The van der Waals surface area contributed by atoms with Gasteiger partial charge in [0.25, 0.3) is 0 Å². The van der Waals surface area contributed by atoms with Crippen molar-refractivity contribution in [3.8, 4) is 0 Å². The van der Waals surface area contributed by atoms with Crippen LogP contribution in [0, 0.1) is 0 Å². The molecule has 0 bridgehead atoms. The van der Waals surface area contributed by atoms with Gasteiger partial charge in [-0.15, -0.1) is 0 Å². The number of imidazole rings is 1. The number of pyridine rings is 1. The fourth-order valence-electron chi connectivity index (χ4n) is 2.03. The molecule has 0 atom stereocenters. The Kier molecular flexibility index (Phi) is 2.93. The van der Waals surface area contributed by atoms with E-state index in [1.54, 1.807) is 18.3 Å². The number of benzene rings is 1. The molecular formula is C14H10F3N3. The zero-order valence-electron chi connectivity index (χ0n) is 10.3. The molecule has 102 valence electrons. The summed E-state index contributed by atoms with van der Waals surface area (Å²) in [6, 6.07) is 8.85. The van der Waals surface area contributed by atoms with E-state index in [1.165, 1.54) is 6.07 Å². The monoisotopic (exact) mass is 277 g/mol. The van der Waals surface area contributed by atoms with Crippen LogP contribution in [0.1, 0.15) is 17.0 Å². The van der Waals surface area contributed by atoms with E-state index in [4.69, 9.17) is 0 Å². The maximum absolute atomic E-state index is 12.6. The summed E-state index contributed by atoms with van der Waals surface area (Å²) in [5.74, 6) is 0.595. The van der Waals surface area contributed by atoms with E-state index in [9.17, 15) is 13.2 Å². The first kappa shape index (κ1) is 12.7. The Balaban J connectivity index is 1.91. The molecule has 0 spiro atoms. The highest BCUT2D eigenvalue weighted by Crippen LogP contribution is 2.29. The van der Waals surface area contributed by atoms with Crippen molar-refractivity contribution in [1.29, 1.82) is 0 Å². The van der Waals surface area contributed by atoms with Gasteiger partial charge in [0, 0.05) is 12.6 Å². The van der Waals surface area contributed by atoms with Gasteiger partial charge in [-0.3, -0.25) is 0 Å². The quantitative estimate of drug-likeness (QED) is 0.778. The second-order valence-electron chi connectivity index (χ2n) is 4.43. The molecule has 3 aromatic rings. The van der Waals surface area contributed by atoms with E-state index in [-0.39, 0.29) is 0 Å².